The van der Waals surface area contributed by atoms with E-state index in [9.17, 15) is 4.21 Å². The van der Waals surface area contributed by atoms with Crippen molar-refractivity contribution in [3.63, 3.8) is 0 Å². The number of aliphatic hydroxyl groups excluding tert-OH is 1. The van der Waals surface area contributed by atoms with E-state index in [0.29, 0.717) is 6.54 Å². The summed E-state index contributed by atoms with van der Waals surface area (Å²) in [5.41, 5.74) is 0. The van der Waals surface area contributed by atoms with Crippen LogP contribution in [0.1, 0.15) is 13.3 Å². The Morgan fingerprint density at radius 3 is 2.50 bits per heavy atom. The van der Waals surface area contributed by atoms with Crippen LogP contribution in [0.25, 0.3) is 0 Å². The summed E-state index contributed by atoms with van der Waals surface area (Å²) < 4.78 is 12.7. The average Bonchev–Trinajstić information content (AvgIpc) is 2.10. The van der Waals surface area contributed by atoms with Crippen molar-refractivity contribution >= 4 is 11.0 Å². The smallest absolute Gasteiger partial charge is 0.0914 e. The summed E-state index contributed by atoms with van der Waals surface area (Å²) in [4.78, 5) is 0. The standard InChI is InChI=1S/C6H13NO2S/c1-5-3-6(8)4-7(5)10(2)9/h5-6,8H,3-4H2,1-2H3. The molecule has 1 aliphatic rings. The van der Waals surface area contributed by atoms with Gasteiger partial charge in [-0.3, -0.25) is 0 Å². The van der Waals surface area contributed by atoms with Gasteiger partial charge in [0.2, 0.25) is 0 Å². The van der Waals surface area contributed by atoms with E-state index in [1.165, 1.54) is 0 Å². The normalized spacial score (nSPS) is 38.3. The van der Waals surface area contributed by atoms with Crippen LogP contribution in [0, 0.1) is 0 Å². The first kappa shape index (κ1) is 8.17. The molecule has 60 valence electrons. The molecule has 0 aliphatic carbocycles. The lowest BCUT2D eigenvalue weighted by Crippen LogP contribution is -2.28. The Hall–Kier alpha value is 0.0700. The van der Waals surface area contributed by atoms with Gasteiger partial charge < -0.3 is 5.11 Å². The van der Waals surface area contributed by atoms with Gasteiger partial charge in [0.1, 0.15) is 0 Å². The van der Waals surface area contributed by atoms with Gasteiger partial charge in [-0.1, -0.05) is 0 Å². The highest BCUT2D eigenvalue weighted by Gasteiger charge is 2.29. The summed E-state index contributed by atoms with van der Waals surface area (Å²) >= 11 is 0. The lowest BCUT2D eigenvalue weighted by molar-refractivity contribution is 0.189. The van der Waals surface area contributed by atoms with Gasteiger partial charge in [-0.05, 0) is 13.3 Å². The van der Waals surface area contributed by atoms with E-state index in [1.807, 2.05) is 11.2 Å². The molecule has 0 radical (unpaired) electrons. The third-order valence-electron chi connectivity index (χ3n) is 1.83. The second-order valence-electron chi connectivity index (χ2n) is 2.76. The summed E-state index contributed by atoms with van der Waals surface area (Å²) in [6, 6.07) is 0.265. The van der Waals surface area contributed by atoms with E-state index >= 15 is 0 Å². The molecule has 1 N–H and O–H groups in total. The lowest BCUT2D eigenvalue weighted by atomic mass is 10.2. The quantitative estimate of drug-likeness (QED) is 0.578. The van der Waals surface area contributed by atoms with Crippen molar-refractivity contribution < 1.29 is 9.32 Å². The molecule has 3 nitrogen and oxygen atoms in total. The highest BCUT2D eigenvalue weighted by molar-refractivity contribution is 7.81. The van der Waals surface area contributed by atoms with Gasteiger partial charge in [0, 0.05) is 18.8 Å². The minimum Gasteiger partial charge on any atom is -0.392 e. The largest absolute Gasteiger partial charge is 0.392 e. The van der Waals surface area contributed by atoms with Crippen LogP contribution in [0.15, 0.2) is 0 Å². The van der Waals surface area contributed by atoms with Crippen molar-refractivity contribution in [1.82, 2.24) is 4.31 Å². The molecule has 1 aliphatic heterocycles. The van der Waals surface area contributed by atoms with Gasteiger partial charge in [-0.25, -0.2) is 8.51 Å². The number of hydrogen-bond acceptors (Lipinski definition) is 2. The zero-order chi connectivity index (χ0) is 7.72. The number of β-amino-alcohol motifs (C(OH)–C–C–N with tert-alkyl or cyclic N) is 1. The fourth-order valence-corrected chi connectivity index (χ4v) is 2.31. The lowest BCUT2D eigenvalue weighted by Gasteiger charge is -2.15. The third-order valence-corrected chi connectivity index (χ3v) is 3.00. The molecule has 4 heteroatoms. The molecule has 1 saturated heterocycles. The molecule has 1 rings (SSSR count). The van der Waals surface area contributed by atoms with Gasteiger partial charge >= 0.3 is 0 Å². The molecule has 0 spiro atoms. The Morgan fingerprint density at radius 1 is 1.70 bits per heavy atom. The maximum Gasteiger partial charge on any atom is 0.0914 e. The van der Waals surface area contributed by atoms with Crippen molar-refractivity contribution in [1.29, 1.82) is 0 Å². The van der Waals surface area contributed by atoms with Crippen LogP contribution in [0.2, 0.25) is 0 Å². The van der Waals surface area contributed by atoms with Crippen molar-refractivity contribution in [3.05, 3.63) is 0 Å². The van der Waals surface area contributed by atoms with E-state index in [4.69, 9.17) is 5.11 Å². The second kappa shape index (κ2) is 2.98. The first-order chi connectivity index (χ1) is 4.61. The van der Waals surface area contributed by atoms with Gasteiger partial charge in [-0.2, -0.15) is 0 Å². The Bertz CT molecular complexity index is 151. The summed E-state index contributed by atoms with van der Waals surface area (Å²) in [5, 5.41) is 9.14. The Kier molecular flexibility index (Phi) is 2.44. The van der Waals surface area contributed by atoms with E-state index in [-0.39, 0.29) is 12.1 Å². The molecule has 1 heterocycles. The molecule has 0 aromatic carbocycles. The number of nitrogens with zero attached hydrogens (tertiary/aromatic N) is 1. The fraction of sp³-hybridized carbons (Fsp3) is 1.00. The van der Waals surface area contributed by atoms with Crippen LogP contribution >= 0.6 is 0 Å². The number of aliphatic hydroxyl groups is 1. The van der Waals surface area contributed by atoms with Gasteiger partial charge in [0.05, 0.1) is 17.1 Å². The Labute approximate surface area is 63.6 Å². The zero-order valence-electron chi connectivity index (χ0n) is 6.28. The van der Waals surface area contributed by atoms with E-state index in [2.05, 4.69) is 0 Å². The fourth-order valence-electron chi connectivity index (χ4n) is 1.33. The van der Waals surface area contributed by atoms with Crippen LogP contribution in [0.3, 0.4) is 0 Å². The predicted octanol–water partition coefficient (Wildman–Crippen LogP) is -0.265. The van der Waals surface area contributed by atoms with E-state index < -0.39 is 11.0 Å². The SMILES string of the molecule is CC1CC(O)CN1S(C)=O. The molecule has 0 bridgehead atoms. The highest BCUT2D eigenvalue weighted by Crippen LogP contribution is 2.17. The maximum atomic E-state index is 10.9. The Balaban J connectivity index is 2.54. The minimum absolute atomic E-state index is 0.265. The average molecular weight is 163 g/mol. The molecular weight excluding hydrogens is 150 g/mol. The molecule has 3 atom stereocenters. The molecule has 10 heavy (non-hydrogen) atoms. The molecule has 0 aromatic rings. The van der Waals surface area contributed by atoms with Crippen molar-refractivity contribution in [2.45, 2.75) is 25.5 Å². The summed E-state index contributed by atoms with van der Waals surface area (Å²) in [6.45, 7) is 2.54. The third kappa shape index (κ3) is 1.56. The first-order valence-electron chi connectivity index (χ1n) is 3.39. The Morgan fingerprint density at radius 2 is 2.30 bits per heavy atom. The highest BCUT2D eigenvalue weighted by atomic mass is 32.2. The second-order valence-corrected chi connectivity index (χ2v) is 4.08. The topological polar surface area (TPSA) is 40.5 Å². The molecule has 0 aromatic heterocycles. The van der Waals surface area contributed by atoms with Gasteiger partial charge in [0.25, 0.3) is 0 Å². The van der Waals surface area contributed by atoms with Crippen LogP contribution in [-0.4, -0.2) is 38.6 Å². The monoisotopic (exact) mass is 163 g/mol. The van der Waals surface area contributed by atoms with Gasteiger partial charge in [-0.15, -0.1) is 0 Å². The van der Waals surface area contributed by atoms with Crippen LogP contribution in [0.4, 0.5) is 0 Å². The van der Waals surface area contributed by atoms with E-state index in [0.717, 1.165) is 6.42 Å². The number of hydrogen-bond donors (Lipinski definition) is 1. The minimum atomic E-state index is -0.918. The molecule has 0 amide bonds. The van der Waals surface area contributed by atoms with Crippen molar-refractivity contribution in [2.24, 2.45) is 0 Å². The van der Waals surface area contributed by atoms with Crippen molar-refractivity contribution in [3.8, 4) is 0 Å². The van der Waals surface area contributed by atoms with Crippen LogP contribution in [-0.2, 0) is 11.0 Å². The van der Waals surface area contributed by atoms with E-state index in [1.54, 1.807) is 6.26 Å². The zero-order valence-corrected chi connectivity index (χ0v) is 7.10. The van der Waals surface area contributed by atoms with Gasteiger partial charge in [0.15, 0.2) is 0 Å². The number of rotatable bonds is 1. The summed E-state index contributed by atoms with van der Waals surface area (Å²) in [7, 11) is -0.918. The predicted molar refractivity (Wildman–Crippen MR) is 40.9 cm³/mol. The summed E-state index contributed by atoms with van der Waals surface area (Å²) in [5.74, 6) is 0. The molecule has 0 saturated carbocycles. The molecule has 1 fully saturated rings. The first-order valence-corrected chi connectivity index (χ1v) is 4.91. The molecular formula is C6H13NO2S. The van der Waals surface area contributed by atoms with Crippen LogP contribution < -0.4 is 0 Å². The maximum absolute atomic E-state index is 10.9. The summed E-state index contributed by atoms with van der Waals surface area (Å²) in [6.07, 6.45) is 2.12. The molecule has 3 unspecified atom stereocenters. The van der Waals surface area contributed by atoms with Crippen molar-refractivity contribution in [2.75, 3.05) is 12.8 Å². The van der Waals surface area contributed by atoms with Crippen LogP contribution in [0.5, 0.6) is 0 Å².